The van der Waals surface area contributed by atoms with Gasteiger partial charge in [0.15, 0.2) is 17.4 Å². The summed E-state index contributed by atoms with van der Waals surface area (Å²) in [6, 6.07) is 7.71. The number of halogens is 3. The van der Waals surface area contributed by atoms with Crippen molar-refractivity contribution in [3.63, 3.8) is 0 Å². The summed E-state index contributed by atoms with van der Waals surface area (Å²) in [5.74, 6) is -1.78. The zero-order valence-corrected chi connectivity index (χ0v) is 13.1. The fourth-order valence-electron chi connectivity index (χ4n) is 2.05. The average molecular weight is 355 g/mol. The SMILES string of the molecule is COc1ccc(C)cc1CC(=O)c1ccc(F)c(F)c1Br. The highest BCUT2D eigenvalue weighted by Gasteiger charge is 2.18. The smallest absolute Gasteiger partial charge is 0.173 e. The van der Waals surface area contributed by atoms with E-state index >= 15 is 0 Å². The molecule has 0 saturated heterocycles. The number of hydrogen-bond acceptors (Lipinski definition) is 2. The fourth-order valence-corrected chi connectivity index (χ4v) is 2.60. The summed E-state index contributed by atoms with van der Waals surface area (Å²) < 4.78 is 31.6. The molecule has 2 rings (SSSR count). The molecular formula is C16H13BrF2O2. The first-order valence-electron chi connectivity index (χ1n) is 6.24. The largest absolute Gasteiger partial charge is 0.496 e. The maximum Gasteiger partial charge on any atom is 0.173 e. The van der Waals surface area contributed by atoms with E-state index in [4.69, 9.17) is 4.74 Å². The first-order chi connectivity index (χ1) is 9.93. The van der Waals surface area contributed by atoms with Crippen molar-refractivity contribution in [1.29, 1.82) is 0 Å². The van der Waals surface area contributed by atoms with Gasteiger partial charge in [0.05, 0.1) is 11.6 Å². The van der Waals surface area contributed by atoms with Gasteiger partial charge in [-0.1, -0.05) is 17.7 Å². The second kappa shape index (κ2) is 6.35. The third-order valence-corrected chi connectivity index (χ3v) is 3.90. The Bertz CT molecular complexity index is 699. The summed E-state index contributed by atoms with van der Waals surface area (Å²) in [4.78, 5) is 12.3. The number of hydrogen-bond donors (Lipinski definition) is 0. The molecule has 0 heterocycles. The highest BCUT2D eigenvalue weighted by Crippen LogP contribution is 2.26. The zero-order valence-electron chi connectivity index (χ0n) is 11.5. The van der Waals surface area contributed by atoms with E-state index in [2.05, 4.69) is 15.9 Å². The van der Waals surface area contributed by atoms with E-state index in [9.17, 15) is 13.6 Å². The molecule has 0 aliphatic heterocycles. The molecule has 0 amide bonds. The lowest BCUT2D eigenvalue weighted by atomic mass is 10.0. The van der Waals surface area contributed by atoms with Gasteiger partial charge in [0.1, 0.15) is 5.75 Å². The van der Waals surface area contributed by atoms with Crippen LogP contribution in [-0.4, -0.2) is 12.9 Å². The molecule has 21 heavy (non-hydrogen) atoms. The molecular weight excluding hydrogens is 342 g/mol. The van der Waals surface area contributed by atoms with Crippen LogP contribution in [-0.2, 0) is 6.42 Å². The van der Waals surface area contributed by atoms with Crippen molar-refractivity contribution in [2.24, 2.45) is 0 Å². The van der Waals surface area contributed by atoms with Crippen molar-refractivity contribution in [2.75, 3.05) is 7.11 Å². The number of ether oxygens (including phenoxy) is 1. The molecule has 0 unspecified atom stereocenters. The Labute approximate surface area is 129 Å². The standard InChI is InChI=1S/C16H13BrF2O2/c1-9-3-6-14(21-2)10(7-9)8-13(20)11-4-5-12(18)16(19)15(11)17/h3-7H,8H2,1-2H3. The van der Waals surface area contributed by atoms with E-state index in [1.165, 1.54) is 13.2 Å². The topological polar surface area (TPSA) is 26.3 Å². The lowest BCUT2D eigenvalue weighted by molar-refractivity contribution is 0.0990. The summed E-state index contributed by atoms with van der Waals surface area (Å²) >= 11 is 2.93. The number of methoxy groups -OCH3 is 1. The molecule has 0 bridgehead atoms. The van der Waals surface area contributed by atoms with Crippen molar-refractivity contribution in [2.45, 2.75) is 13.3 Å². The molecule has 2 aromatic rings. The van der Waals surface area contributed by atoms with E-state index < -0.39 is 11.6 Å². The molecule has 2 aromatic carbocycles. The first kappa shape index (κ1) is 15.6. The monoisotopic (exact) mass is 354 g/mol. The highest BCUT2D eigenvalue weighted by molar-refractivity contribution is 9.10. The molecule has 0 aromatic heterocycles. The molecule has 0 spiro atoms. The predicted molar refractivity (Wildman–Crippen MR) is 79.8 cm³/mol. The van der Waals surface area contributed by atoms with Gasteiger partial charge in [-0.2, -0.15) is 0 Å². The predicted octanol–water partition coefficient (Wildman–Crippen LogP) is 4.47. The molecule has 0 saturated carbocycles. The van der Waals surface area contributed by atoms with E-state index in [-0.39, 0.29) is 22.2 Å². The lowest BCUT2D eigenvalue weighted by Gasteiger charge is -2.10. The Morgan fingerprint density at radius 2 is 1.95 bits per heavy atom. The number of benzene rings is 2. The summed E-state index contributed by atoms with van der Waals surface area (Å²) in [5.41, 5.74) is 1.81. The minimum atomic E-state index is -1.06. The molecule has 5 heteroatoms. The van der Waals surface area contributed by atoms with Crippen molar-refractivity contribution < 1.29 is 18.3 Å². The molecule has 0 radical (unpaired) electrons. The molecule has 0 atom stereocenters. The van der Waals surface area contributed by atoms with Crippen LogP contribution in [0.3, 0.4) is 0 Å². The van der Waals surface area contributed by atoms with E-state index in [0.717, 1.165) is 11.6 Å². The maximum atomic E-state index is 13.5. The molecule has 0 aliphatic rings. The molecule has 0 aliphatic carbocycles. The van der Waals surface area contributed by atoms with Crippen LogP contribution in [0.2, 0.25) is 0 Å². The van der Waals surface area contributed by atoms with Crippen molar-refractivity contribution in [3.05, 3.63) is 63.1 Å². The minimum absolute atomic E-state index is 0.0501. The van der Waals surface area contributed by atoms with Gasteiger partial charge in [-0.25, -0.2) is 8.78 Å². The number of carbonyl (C=O) groups excluding carboxylic acids is 1. The number of ketones is 1. The Balaban J connectivity index is 2.35. The first-order valence-corrected chi connectivity index (χ1v) is 7.03. The van der Waals surface area contributed by atoms with Crippen molar-refractivity contribution in [1.82, 2.24) is 0 Å². The number of rotatable bonds is 4. The van der Waals surface area contributed by atoms with Crippen LogP contribution >= 0.6 is 15.9 Å². The van der Waals surface area contributed by atoms with Gasteiger partial charge in [-0.15, -0.1) is 0 Å². The average Bonchev–Trinajstić information content (AvgIpc) is 2.45. The Kier molecular flexibility index (Phi) is 4.73. The zero-order chi connectivity index (χ0) is 15.6. The summed E-state index contributed by atoms with van der Waals surface area (Å²) in [6.45, 7) is 1.90. The van der Waals surface area contributed by atoms with Gasteiger partial charge < -0.3 is 4.74 Å². The Morgan fingerprint density at radius 1 is 1.24 bits per heavy atom. The molecule has 0 fully saturated rings. The third kappa shape index (κ3) is 3.29. The minimum Gasteiger partial charge on any atom is -0.496 e. The summed E-state index contributed by atoms with van der Waals surface area (Å²) in [5, 5.41) is 0. The maximum absolute atomic E-state index is 13.5. The van der Waals surface area contributed by atoms with Crippen LogP contribution < -0.4 is 4.74 Å². The molecule has 0 N–H and O–H groups in total. The van der Waals surface area contributed by atoms with Gasteiger partial charge in [-0.05, 0) is 41.1 Å². The molecule has 110 valence electrons. The number of carbonyl (C=O) groups is 1. The van der Waals surface area contributed by atoms with Crippen molar-refractivity contribution >= 4 is 21.7 Å². The second-order valence-corrected chi connectivity index (χ2v) is 5.43. The van der Waals surface area contributed by atoms with Gasteiger partial charge in [-0.3, -0.25) is 4.79 Å². The van der Waals surface area contributed by atoms with Gasteiger partial charge >= 0.3 is 0 Å². The van der Waals surface area contributed by atoms with E-state index in [1.54, 1.807) is 6.07 Å². The van der Waals surface area contributed by atoms with Gasteiger partial charge in [0.2, 0.25) is 0 Å². The Morgan fingerprint density at radius 3 is 2.62 bits per heavy atom. The summed E-state index contributed by atoms with van der Waals surface area (Å²) in [6.07, 6.45) is 0.0501. The van der Waals surface area contributed by atoms with Gasteiger partial charge in [0, 0.05) is 17.5 Å². The third-order valence-electron chi connectivity index (χ3n) is 3.12. The quantitative estimate of drug-likeness (QED) is 0.598. The fraction of sp³-hybridized carbons (Fsp3) is 0.188. The van der Waals surface area contributed by atoms with Crippen LogP contribution in [0.25, 0.3) is 0 Å². The van der Waals surface area contributed by atoms with Crippen LogP contribution in [0.5, 0.6) is 5.75 Å². The van der Waals surface area contributed by atoms with Gasteiger partial charge in [0.25, 0.3) is 0 Å². The van der Waals surface area contributed by atoms with Crippen LogP contribution in [0.4, 0.5) is 8.78 Å². The highest BCUT2D eigenvalue weighted by atomic mass is 79.9. The Hall–Kier alpha value is -1.75. The van der Waals surface area contributed by atoms with Crippen molar-refractivity contribution in [3.8, 4) is 5.75 Å². The number of aryl methyl sites for hydroxylation is 1. The van der Waals surface area contributed by atoms with Crippen LogP contribution in [0.15, 0.2) is 34.8 Å². The number of Topliss-reactive ketones (excluding diaryl/α,β-unsaturated/α-hetero) is 1. The molecule has 2 nitrogen and oxygen atoms in total. The summed E-state index contributed by atoms with van der Waals surface area (Å²) in [7, 11) is 1.52. The second-order valence-electron chi connectivity index (χ2n) is 4.64. The van der Waals surface area contributed by atoms with Crippen LogP contribution in [0.1, 0.15) is 21.5 Å². The lowest BCUT2D eigenvalue weighted by Crippen LogP contribution is -2.07. The van der Waals surface area contributed by atoms with E-state index in [1.807, 2.05) is 19.1 Å². The normalized spacial score (nSPS) is 10.5. The van der Waals surface area contributed by atoms with Crippen LogP contribution in [0, 0.1) is 18.6 Å². The van der Waals surface area contributed by atoms with E-state index in [0.29, 0.717) is 11.3 Å².